The number of benzene rings is 1. The normalized spacial score (nSPS) is 19.5. The van der Waals surface area contributed by atoms with Crippen LogP contribution in [0.4, 0.5) is 0 Å². The number of aromatic nitrogens is 1. The van der Waals surface area contributed by atoms with Crippen molar-refractivity contribution in [2.75, 3.05) is 13.1 Å². The highest BCUT2D eigenvalue weighted by Crippen LogP contribution is 2.43. The third kappa shape index (κ3) is 2.39. The van der Waals surface area contributed by atoms with Crippen LogP contribution in [-0.2, 0) is 15.4 Å². The number of rotatable bonds is 2. The monoisotopic (exact) mass is 340 g/mol. The van der Waals surface area contributed by atoms with Crippen LogP contribution >= 0.6 is 0 Å². The predicted molar refractivity (Wildman–Crippen MR) is 94.1 cm³/mol. The molecule has 1 fully saturated rings. The number of fused-ring (bicyclic) bond motifs is 2. The highest BCUT2D eigenvalue weighted by Gasteiger charge is 2.41. The molecule has 4 nitrogen and oxygen atoms in total. The summed E-state index contributed by atoms with van der Waals surface area (Å²) in [5.41, 5.74) is 3.21. The van der Waals surface area contributed by atoms with Crippen LogP contribution in [0.3, 0.4) is 0 Å². The van der Waals surface area contributed by atoms with Crippen LogP contribution in [0.5, 0.6) is 0 Å². The minimum Gasteiger partial charge on any atom is -0.260 e. The first-order valence-electron chi connectivity index (χ1n) is 8.23. The Morgan fingerprint density at radius 1 is 1.08 bits per heavy atom. The highest BCUT2D eigenvalue weighted by molar-refractivity contribution is 7.89. The second-order valence-corrected chi connectivity index (χ2v) is 8.59. The first-order chi connectivity index (χ1) is 11.5. The molecule has 0 atom stereocenters. The van der Waals surface area contributed by atoms with Gasteiger partial charge in [-0.25, -0.2) is 8.42 Å². The van der Waals surface area contributed by atoms with Crippen LogP contribution in [-0.4, -0.2) is 30.8 Å². The molecule has 2 aliphatic rings. The molecular weight excluding hydrogens is 320 g/mol. The summed E-state index contributed by atoms with van der Waals surface area (Å²) in [6.07, 6.45) is 7.70. The minimum absolute atomic E-state index is 0.101. The lowest BCUT2D eigenvalue weighted by Gasteiger charge is -2.37. The molecule has 2 heterocycles. The molecular formula is C19H20N2O2S. The van der Waals surface area contributed by atoms with Gasteiger partial charge in [-0.15, -0.1) is 0 Å². The van der Waals surface area contributed by atoms with Crippen molar-refractivity contribution in [3.8, 4) is 0 Å². The van der Waals surface area contributed by atoms with E-state index < -0.39 is 10.0 Å². The van der Waals surface area contributed by atoms with Gasteiger partial charge in [-0.3, -0.25) is 4.98 Å². The molecule has 1 aliphatic heterocycles. The van der Waals surface area contributed by atoms with Crippen molar-refractivity contribution >= 4 is 16.1 Å². The number of allylic oxidation sites excluding steroid dienone is 1. The van der Waals surface area contributed by atoms with E-state index >= 15 is 0 Å². The molecule has 0 N–H and O–H groups in total. The summed E-state index contributed by atoms with van der Waals surface area (Å²) in [7, 11) is -3.41. The van der Waals surface area contributed by atoms with E-state index in [1.165, 1.54) is 0 Å². The average molecular weight is 340 g/mol. The quantitative estimate of drug-likeness (QED) is 0.844. The van der Waals surface area contributed by atoms with Gasteiger partial charge in [0.1, 0.15) is 0 Å². The first-order valence-corrected chi connectivity index (χ1v) is 9.67. The number of aryl methyl sites for hydroxylation is 1. The Morgan fingerprint density at radius 2 is 1.79 bits per heavy atom. The van der Waals surface area contributed by atoms with Gasteiger partial charge in [-0.05, 0) is 43.5 Å². The molecule has 1 saturated heterocycles. The topological polar surface area (TPSA) is 50.3 Å². The van der Waals surface area contributed by atoms with Crippen LogP contribution in [0.25, 0.3) is 6.08 Å². The largest absolute Gasteiger partial charge is 0.260 e. The lowest BCUT2D eigenvalue weighted by molar-refractivity contribution is 0.271. The molecule has 1 spiro atoms. The second-order valence-electron chi connectivity index (χ2n) is 6.65. The standard InChI is InChI=1S/C19H20N2O2S/c1-15-4-6-17(7-5-15)24(22,23)21-13-10-19(11-14-21)9-8-16-3-2-12-20-18(16)19/h2-9,12H,10-11,13-14H2,1H3. The highest BCUT2D eigenvalue weighted by atomic mass is 32.2. The van der Waals surface area contributed by atoms with Gasteiger partial charge in [0.25, 0.3) is 0 Å². The molecule has 1 aliphatic carbocycles. The molecule has 0 unspecified atom stereocenters. The van der Waals surface area contributed by atoms with Crippen molar-refractivity contribution in [2.24, 2.45) is 0 Å². The molecule has 1 aromatic carbocycles. The van der Waals surface area contributed by atoms with Crippen molar-refractivity contribution in [3.63, 3.8) is 0 Å². The lowest BCUT2D eigenvalue weighted by Crippen LogP contribution is -2.44. The molecule has 124 valence electrons. The zero-order valence-corrected chi connectivity index (χ0v) is 14.5. The number of hydrogen-bond donors (Lipinski definition) is 0. The zero-order chi connectivity index (χ0) is 16.8. The third-order valence-electron chi connectivity index (χ3n) is 5.17. The van der Waals surface area contributed by atoms with Gasteiger partial charge in [0.05, 0.1) is 10.6 Å². The molecule has 0 amide bonds. The van der Waals surface area contributed by atoms with Crippen LogP contribution in [0, 0.1) is 6.92 Å². The van der Waals surface area contributed by atoms with Gasteiger partial charge in [0.15, 0.2) is 0 Å². The van der Waals surface area contributed by atoms with Gasteiger partial charge in [0, 0.05) is 24.7 Å². The number of pyridine rings is 1. The van der Waals surface area contributed by atoms with E-state index in [4.69, 9.17) is 0 Å². The summed E-state index contributed by atoms with van der Waals surface area (Å²) in [6.45, 7) is 3.01. The molecule has 0 saturated carbocycles. The van der Waals surface area contributed by atoms with E-state index in [2.05, 4.69) is 23.2 Å². The van der Waals surface area contributed by atoms with Crippen LogP contribution < -0.4 is 0 Å². The van der Waals surface area contributed by atoms with Crippen LogP contribution in [0.2, 0.25) is 0 Å². The minimum atomic E-state index is -3.41. The number of sulfonamides is 1. The Labute approximate surface area is 142 Å². The Kier molecular flexibility index (Phi) is 3.58. The van der Waals surface area contributed by atoms with Crippen molar-refractivity contribution in [1.82, 2.24) is 9.29 Å². The molecule has 5 heteroatoms. The third-order valence-corrected chi connectivity index (χ3v) is 7.08. The van der Waals surface area contributed by atoms with E-state index in [1.54, 1.807) is 16.4 Å². The molecule has 4 rings (SSSR count). The maximum Gasteiger partial charge on any atom is 0.243 e. The summed E-state index contributed by atoms with van der Waals surface area (Å²) in [6, 6.07) is 11.1. The van der Waals surface area contributed by atoms with Crippen molar-refractivity contribution in [3.05, 3.63) is 65.5 Å². The Balaban J connectivity index is 1.57. The number of piperidine rings is 1. The zero-order valence-electron chi connectivity index (χ0n) is 13.6. The van der Waals surface area contributed by atoms with E-state index in [0.29, 0.717) is 18.0 Å². The summed E-state index contributed by atoms with van der Waals surface area (Å²) < 4.78 is 27.3. The fraction of sp³-hybridized carbons (Fsp3) is 0.316. The van der Waals surface area contributed by atoms with Crippen LogP contribution in [0.1, 0.15) is 29.7 Å². The van der Waals surface area contributed by atoms with Gasteiger partial charge in [-0.2, -0.15) is 4.31 Å². The van der Waals surface area contributed by atoms with Crippen molar-refractivity contribution in [1.29, 1.82) is 0 Å². The SMILES string of the molecule is Cc1ccc(S(=O)(=O)N2CCC3(C=Cc4cccnc43)CC2)cc1. The van der Waals surface area contributed by atoms with Gasteiger partial charge in [-0.1, -0.05) is 35.9 Å². The lowest BCUT2D eigenvalue weighted by atomic mass is 9.78. The smallest absolute Gasteiger partial charge is 0.243 e. The molecule has 1 aromatic heterocycles. The Bertz CT molecular complexity index is 893. The Morgan fingerprint density at radius 3 is 2.50 bits per heavy atom. The maximum absolute atomic E-state index is 12.8. The van der Waals surface area contributed by atoms with Crippen molar-refractivity contribution < 1.29 is 8.42 Å². The second kappa shape index (κ2) is 5.53. The van der Waals surface area contributed by atoms with Gasteiger partial charge in [0.2, 0.25) is 10.0 Å². The summed E-state index contributed by atoms with van der Waals surface area (Å²) in [4.78, 5) is 4.94. The van der Waals surface area contributed by atoms with Gasteiger partial charge < -0.3 is 0 Å². The predicted octanol–water partition coefficient (Wildman–Crippen LogP) is 3.14. The van der Waals surface area contributed by atoms with Crippen molar-refractivity contribution in [2.45, 2.75) is 30.1 Å². The van der Waals surface area contributed by atoms with E-state index in [0.717, 1.165) is 29.7 Å². The maximum atomic E-state index is 12.8. The fourth-order valence-corrected chi connectivity index (χ4v) is 5.13. The number of hydrogen-bond acceptors (Lipinski definition) is 3. The Hall–Kier alpha value is -1.98. The van der Waals surface area contributed by atoms with E-state index in [1.807, 2.05) is 31.3 Å². The summed E-state index contributed by atoms with van der Waals surface area (Å²) >= 11 is 0. The number of nitrogens with zero attached hydrogens (tertiary/aromatic N) is 2. The first kappa shape index (κ1) is 15.5. The average Bonchev–Trinajstić information content (AvgIpc) is 2.95. The molecule has 24 heavy (non-hydrogen) atoms. The van der Waals surface area contributed by atoms with Gasteiger partial charge >= 0.3 is 0 Å². The molecule has 0 radical (unpaired) electrons. The van der Waals surface area contributed by atoms with E-state index in [9.17, 15) is 8.42 Å². The molecule has 2 aromatic rings. The fourth-order valence-electron chi connectivity index (χ4n) is 3.68. The summed E-state index contributed by atoms with van der Waals surface area (Å²) in [5, 5.41) is 0. The molecule has 0 bridgehead atoms. The van der Waals surface area contributed by atoms with Crippen LogP contribution in [0.15, 0.2) is 53.6 Å². The summed E-state index contributed by atoms with van der Waals surface area (Å²) in [5.74, 6) is 0. The van der Waals surface area contributed by atoms with E-state index in [-0.39, 0.29) is 5.41 Å².